The van der Waals surface area contributed by atoms with Crippen LogP contribution in [0, 0.1) is 6.67 Å². The van der Waals surface area contributed by atoms with E-state index >= 15 is 0 Å². The van der Waals surface area contributed by atoms with Crippen molar-refractivity contribution in [1.82, 2.24) is 9.97 Å². The topological polar surface area (TPSA) is 32.3 Å². The van der Waals surface area contributed by atoms with Gasteiger partial charge in [-0.25, -0.2) is 9.97 Å². The molecule has 2 aromatic heterocycles. The van der Waals surface area contributed by atoms with Crippen molar-refractivity contribution < 1.29 is 0 Å². The Morgan fingerprint density at radius 2 is 1.35 bits per heavy atom. The van der Waals surface area contributed by atoms with Crippen molar-refractivity contribution >= 4 is 11.6 Å². The lowest BCUT2D eigenvalue weighted by Crippen LogP contribution is -2.19. The van der Waals surface area contributed by atoms with E-state index in [9.17, 15) is 0 Å². The largest absolute Gasteiger partial charge is 0.324 e. The molecule has 84 valence electrons. The van der Waals surface area contributed by atoms with Gasteiger partial charge in [0, 0.05) is 25.5 Å². The Hall–Kier alpha value is -2.10. The van der Waals surface area contributed by atoms with E-state index in [0.717, 1.165) is 24.7 Å². The Bertz CT molecular complexity index is 426. The summed E-state index contributed by atoms with van der Waals surface area (Å²) in [5.41, 5.74) is 0. The molecule has 0 bridgehead atoms. The minimum absolute atomic E-state index is 0.883. The van der Waals surface area contributed by atoms with E-state index in [4.69, 9.17) is 0 Å². The molecule has 3 heterocycles. The molecule has 0 spiro atoms. The number of anilines is 2. The summed E-state index contributed by atoms with van der Waals surface area (Å²) in [5, 5.41) is 0. The van der Waals surface area contributed by atoms with E-state index in [1.165, 1.54) is 0 Å². The average molecular weight is 224 g/mol. The van der Waals surface area contributed by atoms with E-state index in [1.807, 2.05) is 46.2 Å². The smallest absolute Gasteiger partial charge is 0.211 e. The summed E-state index contributed by atoms with van der Waals surface area (Å²) in [6.45, 7) is 5.03. The van der Waals surface area contributed by atoms with Crippen molar-refractivity contribution in [2.75, 3.05) is 22.9 Å². The maximum absolute atomic E-state index is 4.31. The van der Waals surface area contributed by atoms with Gasteiger partial charge in [0.2, 0.25) is 6.67 Å². The number of aromatic nitrogens is 2. The van der Waals surface area contributed by atoms with Gasteiger partial charge in [0.15, 0.2) is 0 Å². The van der Waals surface area contributed by atoms with E-state index < -0.39 is 0 Å². The average Bonchev–Trinajstić information content (AvgIpc) is 2.90. The molecule has 4 heteroatoms. The lowest BCUT2D eigenvalue weighted by Gasteiger charge is -2.16. The highest BCUT2D eigenvalue weighted by molar-refractivity contribution is 5.51. The maximum Gasteiger partial charge on any atom is 0.211 e. The molecule has 1 saturated heterocycles. The van der Waals surface area contributed by atoms with Crippen molar-refractivity contribution in [1.29, 1.82) is 0 Å². The predicted molar refractivity (Wildman–Crippen MR) is 66.4 cm³/mol. The minimum atomic E-state index is 0.883. The van der Waals surface area contributed by atoms with Crippen molar-refractivity contribution in [2.24, 2.45) is 0 Å². The van der Waals surface area contributed by atoms with Crippen LogP contribution in [0.4, 0.5) is 11.6 Å². The van der Waals surface area contributed by atoms with Crippen LogP contribution < -0.4 is 9.80 Å². The van der Waals surface area contributed by atoms with Crippen LogP contribution in [0.15, 0.2) is 48.8 Å². The second-order valence-corrected chi connectivity index (χ2v) is 3.78. The van der Waals surface area contributed by atoms with Crippen LogP contribution in [0.2, 0.25) is 0 Å². The summed E-state index contributed by atoms with van der Waals surface area (Å²) < 4.78 is 0. The molecule has 1 aliphatic rings. The molecule has 2 radical (unpaired) electrons. The fourth-order valence-electron chi connectivity index (χ4n) is 1.80. The first kappa shape index (κ1) is 10.1. The molecule has 0 amide bonds. The lowest BCUT2D eigenvalue weighted by molar-refractivity contribution is 0.994. The summed E-state index contributed by atoms with van der Waals surface area (Å²) in [5.74, 6) is 1.84. The van der Waals surface area contributed by atoms with Gasteiger partial charge in [-0.15, -0.1) is 0 Å². The van der Waals surface area contributed by atoms with Crippen LogP contribution in [0.5, 0.6) is 0 Å². The lowest BCUT2D eigenvalue weighted by atomic mass is 10.4. The van der Waals surface area contributed by atoms with Gasteiger partial charge in [0.1, 0.15) is 11.6 Å². The van der Waals surface area contributed by atoms with Gasteiger partial charge in [-0.3, -0.25) is 0 Å². The Morgan fingerprint density at radius 3 is 1.76 bits per heavy atom. The minimum Gasteiger partial charge on any atom is -0.324 e. The van der Waals surface area contributed by atoms with E-state index in [0.29, 0.717) is 0 Å². The zero-order chi connectivity index (χ0) is 11.5. The summed E-state index contributed by atoms with van der Waals surface area (Å²) in [4.78, 5) is 12.6. The summed E-state index contributed by atoms with van der Waals surface area (Å²) in [6.07, 6.45) is 3.58. The second kappa shape index (κ2) is 4.41. The SMILES string of the molecule is [C]1N(c2ccccn2)CCN1c1ccccn1. The van der Waals surface area contributed by atoms with Crippen LogP contribution in [-0.2, 0) is 0 Å². The Morgan fingerprint density at radius 1 is 0.824 bits per heavy atom. The van der Waals surface area contributed by atoms with E-state index in [2.05, 4.69) is 16.6 Å². The van der Waals surface area contributed by atoms with Gasteiger partial charge in [0.05, 0.1) is 0 Å². The quantitative estimate of drug-likeness (QED) is 0.778. The third kappa shape index (κ3) is 2.06. The van der Waals surface area contributed by atoms with Gasteiger partial charge in [-0.2, -0.15) is 0 Å². The normalized spacial score (nSPS) is 15.3. The Kier molecular flexibility index (Phi) is 2.62. The molecule has 4 nitrogen and oxygen atoms in total. The zero-order valence-electron chi connectivity index (χ0n) is 9.32. The molecule has 0 N–H and O–H groups in total. The Balaban J connectivity index is 1.75. The fraction of sp³-hybridized carbons (Fsp3) is 0.154. The Labute approximate surface area is 101 Å². The molecule has 1 aliphatic heterocycles. The van der Waals surface area contributed by atoms with E-state index in [-0.39, 0.29) is 0 Å². The van der Waals surface area contributed by atoms with Gasteiger partial charge >= 0.3 is 0 Å². The molecule has 0 aliphatic carbocycles. The number of hydrogen-bond acceptors (Lipinski definition) is 4. The van der Waals surface area contributed by atoms with Gasteiger partial charge in [-0.1, -0.05) is 12.1 Å². The highest BCUT2D eigenvalue weighted by Gasteiger charge is 2.23. The van der Waals surface area contributed by atoms with Crippen LogP contribution >= 0.6 is 0 Å². The number of rotatable bonds is 2. The standard InChI is InChI=1S/C13H12N4/c1-3-7-14-12(5-1)16-9-10-17(11-16)13-6-2-4-8-15-13/h1-8H,9-10H2. The number of nitrogens with zero attached hydrogens (tertiary/aromatic N) is 4. The molecule has 0 saturated carbocycles. The highest BCUT2D eigenvalue weighted by Crippen LogP contribution is 2.22. The fourth-order valence-corrected chi connectivity index (χ4v) is 1.80. The summed E-state index contributed by atoms with van der Waals surface area (Å²) in [7, 11) is 0. The van der Waals surface area contributed by atoms with Gasteiger partial charge < -0.3 is 9.80 Å². The highest BCUT2D eigenvalue weighted by atomic mass is 15.4. The first-order chi connectivity index (χ1) is 8.43. The maximum atomic E-state index is 4.31. The predicted octanol–water partition coefficient (Wildman–Crippen LogP) is 1.80. The van der Waals surface area contributed by atoms with Gasteiger partial charge in [0.25, 0.3) is 0 Å². The molecule has 0 atom stereocenters. The van der Waals surface area contributed by atoms with Crippen LogP contribution in [0.3, 0.4) is 0 Å². The summed E-state index contributed by atoms with van der Waals surface area (Å²) >= 11 is 0. The zero-order valence-corrected chi connectivity index (χ0v) is 9.32. The van der Waals surface area contributed by atoms with Crippen molar-refractivity contribution in [2.45, 2.75) is 0 Å². The first-order valence-corrected chi connectivity index (χ1v) is 5.57. The molecule has 17 heavy (non-hydrogen) atoms. The molecule has 3 rings (SSSR count). The molecular weight excluding hydrogens is 212 g/mol. The van der Waals surface area contributed by atoms with Crippen LogP contribution in [0.1, 0.15) is 0 Å². The van der Waals surface area contributed by atoms with Crippen molar-refractivity contribution in [3.8, 4) is 0 Å². The number of hydrogen-bond donors (Lipinski definition) is 0. The van der Waals surface area contributed by atoms with Crippen LogP contribution in [-0.4, -0.2) is 23.1 Å². The molecular formula is C13H12N4. The van der Waals surface area contributed by atoms with E-state index in [1.54, 1.807) is 12.4 Å². The summed E-state index contributed by atoms with van der Waals surface area (Å²) in [6, 6.07) is 11.7. The second-order valence-electron chi connectivity index (χ2n) is 3.78. The van der Waals surface area contributed by atoms with Gasteiger partial charge in [-0.05, 0) is 24.3 Å². The van der Waals surface area contributed by atoms with Crippen molar-refractivity contribution in [3.05, 3.63) is 55.5 Å². The third-order valence-electron chi connectivity index (χ3n) is 2.64. The first-order valence-electron chi connectivity index (χ1n) is 5.57. The molecule has 2 aromatic rings. The molecule has 1 fully saturated rings. The van der Waals surface area contributed by atoms with Crippen LogP contribution in [0.25, 0.3) is 0 Å². The van der Waals surface area contributed by atoms with Crippen molar-refractivity contribution in [3.63, 3.8) is 0 Å². The third-order valence-corrected chi connectivity index (χ3v) is 2.64. The monoisotopic (exact) mass is 224 g/mol. The number of pyridine rings is 2. The molecule has 0 aromatic carbocycles. The molecule has 0 unspecified atom stereocenters.